The highest BCUT2D eigenvalue weighted by atomic mass is 35.5. The molecule has 2 aromatic rings. The van der Waals surface area contributed by atoms with Crippen molar-refractivity contribution >= 4 is 23.1 Å². The zero-order valence-electron chi connectivity index (χ0n) is 10.9. The van der Waals surface area contributed by atoms with Crippen molar-refractivity contribution in [3.63, 3.8) is 0 Å². The minimum atomic E-state index is 0.242. The number of rotatable bonds is 2. The Bertz CT molecular complexity index is 614. The summed E-state index contributed by atoms with van der Waals surface area (Å²) in [6.07, 6.45) is 0. The molecule has 1 aliphatic rings. The van der Waals surface area contributed by atoms with Crippen LogP contribution in [-0.4, -0.2) is 36.3 Å². The van der Waals surface area contributed by atoms with Gasteiger partial charge in [0.25, 0.3) is 0 Å². The van der Waals surface area contributed by atoms with E-state index in [1.54, 1.807) is 0 Å². The molecule has 1 saturated heterocycles. The molecular formula is C14H15ClN4O. The first-order chi connectivity index (χ1) is 9.72. The van der Waals surface area contributed by atoms with Crippen LogP contribution in [0.4, 0.5) is 11.5 Å². The molecule has 0 amide bonds. The normalized spacial score (nSPS) is 15.3. The molecule has 104 valence electrons. The lowest BCUT2D eigenvalue weighted by molar-refractivity contribution is 0.122. The van der Waals surface area contributed by atoms with E-state index in [2.05, 4.69) is 14.9 Å². The van der Waals surface area contributed by atoms with Gasteiger partial charge in [0.15, 0.2) is 0 Å². The van der Waals surface area contributed by atoms with Crippen LogP contribution in [-0.2, 0) is 4.74 Å². The average molecular weight is 291 g/mol. The third-order valence-corrected chi connectivity index (χ3v) is 3.37. The molecule has 0 saturated carbocycles. The molecule has 1 aromatic heterocycles. The van der Waals surface area contributed by atoms with Crippen molar-refractivity contribution in [3.05, 3.63) is 35.6 Å². The molecule has 0 bridgehead atoms. The first-order valence-electron chi connectivity index (χ1n) is 6.45. The number of ether oxygens (including phenoxy) is 1. The number of morpholine rings is 1. The molecule has 6 heteroatoms. The molecule has 20 heavy (non-hydrogen) atoms. The highest BCUT2D eigenvalue weighted by molar-refractivity contribution is 6.28. The molecule has 2 N–H and O–H groups in total. The van der Waals surface area contributed by atoms with Gasteiger partial charge in [-0.3, -0.25) is 0 Å². The summed E-state index contributed by atoms with van der Waals surface area (Å²) in [6, 6.07) is 9.51. The number of anilines is 2. The fourth-order valence-corrected chi connectivity index (χ4v) is 2.38. The molecule has 1 fully saturated rings. The average Bonchev–Trinajstić information content (AvgIpc) is 2.47. The summed E-state index contributed by atoms with van der Waals surface area (Å²) in [7, 11) is 0. The monoisotopic (exact) mass is 290 g/mol. The number of aromatic nitrogens is 2. The minimum Gasteiger partial charge on any atom is -0.399 e. The summed E-state index contributed by atoms with van der Waals surface area (Å²) >= 11 is 6.05. The fraction of sp³-hybridized carbons (Fsp3) is 0.286. The maximum Gasteiger partial charge on any atom is 0.224 e. The summed E-state index contributed by atoms with van der Waals surface area (Å²) in [5.74, 6) is 0.825. The van der Waals surface area contributed by atoms with Gasteiger partial charge in [-0.15, -0.1) is 0 Å². The maximum atomic E-state index is 6.05. The van der Waals surface area contributed by atoms with Crippen LogP contribution < -0.4 is 10.6 Å². The number of hydrogen-bond acceptors (Lipinski definition) is 5. The van der Waals surface area contributed by atoms with E-state index in [1.165, 1.54) is 0 Å². The zero-order chi connectivity index (χ0) is 13.9. The SMILES string of the molecule is Nc1cccc(-c2cc(N3CCOCC3)nc(Cl)n2)c1. The number of hydrogen-bond donors (Lipinski definition) is 1. The largest absolute Gasteiger partial charge is 0.399 e. The summed E-state index contributed by atoms with van der Waals surface area (Å²) in [6.45, 7) is 3.03. The number of nitrogens with two attached hydrogens (primary N) is 1. The van der Waals surface area contributed by atoms with Crippen molar-refractivity contribution < 1.29 is 4.74 Å². The van der Waals surface area contributed by atoms with Gasteiger partial charge >= 0.3 is 0 Å². The number of nitrogen functional groups attached to an aromatic ring is 1. The summed E-state index contributed by atoms with van der Waals surface area (Å²) in [5, 5.41) is 0.242. The Morgan fingerprint density at radius 2 is 1.95 bits per heavy atom. The third kappa shape index (κ3) is 2.84. The van der Waals surface area contributed by atoms with E-state index in [9.17, 15) is 0 Å². The van der Waals surface area contributed by atoms with E-state index in [1.807, 2.05) is 30.3 Å². The lowest BCUT2D eigenvalue weighted by atomic mass is 10.1. The van der Waals surface area contributed by atoms with Crippen LogP contribution in [0.15, 0.2) is 30.3 Å². The Labute approximate surface area is 122 Å². The highest BCUT2D eigenvalue weighted by Crippen LogP contribution is 2.25. The van der Waals surface area contributed by atoms with Crippen molar-refractivity contribution in [3.8, 4) is 11.3 Å². The van der Waals surface area contributed by atoms with Gasteiger partial charge in [-0.1, -0.05) is 12.1 Å². The molecule has 2 heterocycles. The van der Waals surface area contributed by atoms with Crippen molar-refractivity contribution in [1.82, 2.24) is 9.97 Å². The number of halogens is 1. The van der Waals surface area contributed by atoms with Crippen LogP contribution in [0.1, 0.15) is 0 Å². The van der Waals surface area contributed by atoms with Gasteiger partial charge in [-0.05, 0) is 23.7 Å². The lowest BCUT2D eigenvalue weighted by Gasteiger charge is -2.28. The minimum absolute atomic E-state index is 0.242. The van der Waals surface area contributed by atoms with Gasteiger partial charge in [-0.2, -0.15) is 0 Å². The van der Waals surface area contributed by atoms with Crippen molar-refractivity contribution in [2.24, 2.45) is 0 Å². The molecule has 1 aromatic carbocycles. The molecule has 5 nitrogen and oxygen atoms in total. The second kappa shape index (κ2) is 5.64. The van der Waals surface area contributed by atoms with Crippen molar-refractivity contribution in [2.45, 2.75) is 0 Å². The van der Waals surface area contributed by atoms with Crippen LogP contribution in [0.5, 0.6) is 0 Å². The first-order valence-corrected chi connectivity index (χ1v) is 6.83. The van der Waals surface area contributed by atoms with Gasteiger partial charge in [-0.25, -0.2) is 9.97 Å². The highest BCUT2D eigenvalue weighted by Gasteiger charge is 2.15. The third-order valence-electron chi connectivity index (χ3n) is 3.20. The second-order valence-electron chi connectivity index (χ2n) is 4.61. The molecule has 0 atom stereocenters. The van der Waals surface area contributed by atoms with Gasteiger partial charge in [0.1, 0.15) is 5.82 Å². The van der Waals surface area contributed by atoms with Crippen LogP contribution in [0.2, 0.25) is 5.28 Å². The van der Waals surface area contributed by atoms with Gasteiger partial charge in [0, 0.05) is 30.4 Å². The van der Waals surface area contributed by atoms with Gasteiger partial charge in [0.05, 0.1) is 18.9 Å². The molecular weight excluding hydrogens is 276 g/mol. The molecule has 1 aliphatic heterocycles. The Morgan fingerprint density at radius 3 is 2.70 bits per heavy atom. The first kappa shape index (κ1) is 13.1. The van der Waals surface area contributed by atoms with Crippen LogP contribution in [0, 0.1) is 0 Å². The molecule has 0 aliphatic carbocycles. The topological polar surface area (TPSA) is 64.3 Å². The van der Waals surface area contributed by atoms with Crippen molar-refractivity contribution in [2.75, 3.05) is 36.9 Å². The Kier molecular flexibility index (Phi) is 3.71. The van der Waals surface area contributed by atoms with E-state index < -0.39 is 0 Å². The number of benzene rings is 1. The Morgan fingerprint density at radius 1 is 1.15 bits per heavy atom. The van der Waals surface area contributed by atoms with E-state index >= 15 is 0 Å². The lowest BCUT2D eigenvalue weighted by Crippen LogP contribution is -2.36. The standard InChI is InChI=1S/C14H15ClN4O/c15-14-17-12(10-2-1-3-11(16)8-10)9-13(18-14)19-4-6-20-7-5-19/h1-3,8-9H,4-7,16H2. The van der Waals surface area contributed by atoms with Crippen LogP contribution in [0.25, 0.3) is 11.3 Å². The van der Waals surface area contributed by atoms with Crippen LogP contribution >= 0.6 is 11.6 Å². The Balaban J connectivity index is 1.97. The number of nitrogens with zero attached hydrogens (tertiary/aromatic N) is 3. The van der Waals surface area contributed by atoms with E-state index in [4.69, 9.17) is 22.1 Å². The second-order valence-corrected chi connectivity index (χ2v) is 4.94. The molecule has 0 unspecified atom stereocenters. The molecule has 3 rings (SSSR count). The van der Waals surface area contributed by atoms with Crippen LogP contribution in [0.3, 0.4) is 0 Å². The summed E-state index contributed by atoms with van der Waals surface area (Å²) in [4.78, 5) is 10.7. The van der Waals surface area contributed by atoms with Gasteiger partial charge < -0.3 is 15.4 Å². The summed E-state index contributed by atoms with van der Waals surface area (Å²) in [5.41, 5.74) is 8.22. The van der Waals surface area contributed by atoms with E-state index in [0.29, 0.717) is 18.9 Å². The van der Waals surface area contributed by atoms with Crippen molar-refractivity contribution in [1.29, 1.82) is 0 Å². The zero-order valence-corrected chi connectivity index (χ0v) is 11.7. The predicted octanol–water partition coefficient (Wildman–Crippen LogP) is 2.22. The van der Waals surface area contributed by atoms with E-state index in [-0.39, 0.29) is 5.28 Å². The quantitative estimate of drug-likeness (QED) is 0.679. The van der Waals surface area contributed by atoms with E-state index in [0.717, 1.165) is 30.2 Å². The molecule has 0 radical (unpaired) electrons. The predicted molar refractivity (Wildman–Crippen MR) is 79.9 cm³/mol. The van der Waals surface area contributed by atoms with Gasteiger partial charge in [0.2, 0.25) is 5.28 Å². The maximum absolute atomic E-state index is 6.05. The molecule has 0 spiro atoms. The summed E-state index contributed by atoms with van der Waals surface area (Å²) < 4.78 is 5.35. The fourth-order valence-electron chi connectivity index (χ4n) is 2.21. The smallest absolute Gasteiger partial charge is 0.224 e. The Hall–Kier alpha value is -1.85.